The minimum atomic E-state index is -0.940. The van der Waals surface area contributed by atoms with Crippen molar-refractivity contribution in [3.8, 4) is 0 Å². The molecular formula is C15H18FNO3. The second-order valence-corrected chi connectivity index (χ2v) is 5.24. The molecule has 4 nitrogen and oxygen atoms in total. The fourth-order valence-corrected chi connectivity index (χ4v) is 2.61. The Hall–Kier alpha value is -1.91. The molecule has 5 heteroatoms. The molecular weight excluding hydrogens is 261 g/mol. The Morgan fingerprint density at radius 2 is 2.05 bits per heavy atom. The Bertz CT molecular complexity index is 500. The largest absolute Gasteiger partial charge is 0.480 e. The van der Waals surface area contributed by atoms with Crippen LogP contribution in [-0.2, 0) is 9.59 Å². The Labute approximate surface area is 117 Å². The maximum absolute atomic E-state index is 12.9. The molecule has 2 atom stereocenters. The molecule has 0 spiro atoms. The molecule has 0 saturated carbocycles. The summed E-state index contributed by atoms with van der Waals surface area (Å²) in [7, 11) is 0. The van der Waals surface area contributed by atoms with Gasteiger partial charge >= 0.3 is 5.97 Å². The van der Waals surface area contributed by atoms with Crippen molar-refractivity contribution < 1.29 is 19.1 Å². The first kappa shape index (κ1) is 14.5. The predicted molar refractivity (Wildman–Crippen MR) is 71.8 cm³/mol. The number of carbonyl (C=O) groups is 2. The maximum atomic E-state index is 12.9. The number of hydrogen-bond acceptors (Lipinski definition) is 2. The van der Waals surface area contributed by atoms with Crippen LogP contribution >= 0.6 is 0 Å². The number of halogens is 1. The molecule has 0 bridgehead atoms. The number of carboxylic acids is 1. The van der Waals surface area contributed by atoms with E-state index in [0.29, 0.717) is 13.0 Å². The lowest BCUT2D eigenvalue weighted by Gasteiger charge is -2.23. The van der Waals surface area contributed by atoms with E-state index in [9.17, 15) is 14.0 Å². The molecule has 0 aromatic heterocycles. The average Bonchev–Trinajstić information content (AvgIpc) is 2.88. The van der Waals surface area contributed by atoms with E-state index >= 15 is 0 Å². The van der Waals surface area contributed by atoms with Gasteiger partial charge in [-0.25, -0.2) is 9.18 Å². The van der Waals surface area contributed by atoms with Gasteiger partial charge in [-0.2, -0.15) is 0 Å². The topological polar surface area (TPSA) is 57.6 Å². The van der Waals surface area contributed by atoms with Crippen LogP contribution in [0, 0.1) is 5.82 Å². The van der Waals surface area contributed by atoms with Crippen molar-refractivity contribution in [2.45, 2.75) is 38.1 Å². The third-order valence-corrected chi connectivity index (χ3v) is 3.78. The molecule has 20 heavy (non-hydrogen) atoms. The number of benzene rings is 1. The molecule has 1 aromatic rings. The van der Waals surface area contributed by atoms with Gasteiger partial charge in [0.25, 0.3) is 0 Å². The van der Waals surface area contributed by atoms with E-state index in [-0.39, 0.29) is 24.1 Å². The zero-order valence-corrected chi connectivity index (χ0v) is 11.4. The fourth-order valence-electron chi connectivity index (χ4n) is 2.61. The fraction of sp³-hybridized carbons (Fsp3) is 0.467. The molecule has 1 aliphatic rings. The standard InChI is InChI=1S/C15H18FNO3/c1-10(11-4-6-12(16)7-5-11)9-14(18)17-8-2-3-13(17)15(19)20/h4-7,10,13H,2-3,8-9H2,1H3,(H,19,20). The number of hydrogen-bond donors (Lipinski definition) is 1. The van der Waals surface area contributed by atoms with Crippen molar-refractivity contribution >= 4 is 11.9 Å². The Kier molecular flexibility index (Phi) is 4.37. The molecule has 1 aromatic carbocycles. The van der Waals surface area contributed by atoms with E-state index in [4.69, 9.17) is 5.11 Å². The summed E-state index contributed by atoms with van der Waals surface area (Å²) in [5.41, 5.74) is 0.880. The third-order valence-electron chi connectivity index (χ3n) is 3.78. The van der Waals surface area contributed by atoms with E-state index in [1.807, 2.05) is 6.92 Å². The van der Waals surface area contributed by atoms with E-state index < -0.39 is 12.0 Å². The third kappa shape index (κ3) is 3.15. The minimum Gasteiger partial charge on any atom is -0.480 e. The first-order valence-electron chi connectivity index (χ1n) is 6.76. The predicted octanol–water partition coefficient (Wildman–Crippen LogP) is 2.39. The van der Waals surface area contributed by atoms with Crippen molar-refractivity contribution in [2.75, 3.05) is 6.54 Å². The quantitative estimate of drug-likeness (QED) is 0.920. The van der Waals surface area contributed by atoms with Gasteiger partial charge in [0.1, 0.15) is 11.9 Å². The van der Waals surface area contributed by atoms with Crippen molar-refractivity contribution in [1.82, 2.24) is 4.90 Å². The summed E-state index contributed by atoms with van der Waals surface area (Å²) in [5.74, 6) is -1.45. The number of rotatable bonds is 4. The van der Waals surface area contributed by atoms with E-state index in [1.165, 1.54) is 17.0 Å². The second kappa shape index (κ2) is 6.03. The number of carboxylic acid groups (broad SMARTS) is 1. The molecule has 1 aliphatic heterocycles. The number of aliphatic carboxylic acids is 1. The van der Waals surface area contributed by atoms with Gasteiger partial charge in [0, 0.05) is 13.0 Å². The minimum absolute atomic E-state index is 0.0573. The number of nitrogens with zero attached hydrogens (tertiary/aromatic N) is 1. The first-order valence-corrected chi connectivity index (χ1v) is 6.76. The van der Waals surface area contributed by atoms with Gasteiger partial charge in [0.05, 0.1) is 0 Å². The maximum Gasteiger partial charge on any atom is 0.326 e. The van der Waals surface area contributed by atoms with Crippen LogP contribution < -0.4 is 0 Å². The summed E-state index contributed by atoms with van der Waals surface area (Å²) in [6.45, 7) is 2.39. The smallest absolute Gasteiger partial charge is 0.326 e. The molecule has 0 aliphatic carbocycles. The zero-order chi connectivity index (χ0) is 14.7. The summed E-state index contributed by atoms with van der Waals surface area (Å²) in [5, 5.41) is 9.08. The van der Waals surface area contributed by atoms with E-state index in [0.717, 1.165) is 12.0 Å². The summed E-state index contributed by atoms with van der Waals surface area (Å²) >= 11 is 0. The van der Waals surface area contributed by atoms with Gasteiger partial charge in [-0.05, 0) is 36.5 Å². The van der Waals surface area contributed by atoms with Crippen molar-refractivity contribution in [3.05, 3.63) is 35.6 Å². The highest BCUT2D eigenvalue weighted by molar-refractivity contribution is 5.84. The summed E-state index contributed by atoms with van der Waals surface area (Å²) < 4.78 is 12.9. The summed E-state index contributed by atoms with van der Waals surface area (Å²) in [6, 6.07) is 5.36. The van der Waals surface area contributed by atoms with Crippen LogP contribution in [0.3, 0.4) is 0 Å². The molecule has 1 N–H and O–H groups in total. The number of likely N-dealkylation sites (tertiary alicyclic amines) is 1. The molecule has 2 unspecified atom stereocenters. The van der Waals surface area contributed by atoms with Crippen LogP contribution in [0.15, 0.2) is 24.3 Å². The summed E-state index contributed by atoms with van der Waals surface area (Å²) in [4.78, 5) is 24.7. The first-order chi connectivity index (χ1) is 9.49. The Morgan fingerprint density at radius 3 is 2.65 bits per heavy atom. The van der Waals surface area contributed by atoms with Gasteiger partial charge in [-0.1, -0.05) is 19.1 Å². The molecule has 0 radical (unpaired) electrons. The van der Waals surface area contributed by atoms with E-state index in [1.54, 1.807) is 12.1 Å². The lowest BCUT2D eigenvalue weighted by atomic mass is 9.97. The van der Waals surface area contributed by atoms with Crippen LogP contribution in [-0.4, -0.2) is 34.5 Å². The Morgan fingerprint density at radius 1 is 1.40 bits per heavy atom. The van der Waals surface area contributed by atoms with Gasteiger partial charge in [0.2, 0.25) is 5.91 Å². The van der Waals surface area contributed by atoms with Gasteiger partial charge in [0.15, 0.2) is 0 Å². The summed E-state index contributed by atoms with van der Waals surface area (Å²) in [6.07, 6.45) is 1.50. The monoisotopic (exact) mass is 279 g/mol. The lowest BCUT2D eigenvalue weighted by molar-refractivity contribution is -0.148. The normalized spacial score (nSPS) is 19.9. The Balaban J connectivity index is 2.00. The van der Waals surface area contributed by atoms with Gasteiger partial charge < -0.3 is 10.0 Å². The molecule has 1 amide bonds. The van der Waals surface area contributed by atoms with Crippen LogP contribution in [0.1, 0.15) is 37.7 Å². The number of carbonyl (C=O) groups excluding carboxylic acids is 1. The van der Waals surface area contributed by atoms with Crippen LogP contribution in [0.5, 0.6) is 0 Å². The van der Waals surface area contributed by atoms with Gasteiger partial charge in [-0.3, -0.25) is 4.79 Å². The zero-order valence-electron chi connectivity index (χ0n) is 11.4. The molecule has 108 valence electrons. The second-order valence-electron chi connectivity index (χ2n) is 5.24. The number of amides is 1. The highest BCUT2D eigenvalue weighted by Gasteiger charge is 2.34. The lowest BCUT2D eigenvalue weighted by Crippen LogP contribution is -2.40. The highest BCUT2D eigenvalue weighted by atomic mass is 19.1. The van der Waals surface area contributed by atoms with Gasteiger partial charge in [-0.15, -0.1) is 0 Å². The van der Waals surface area contributed by atoms with E-state index in [2.05, 4.69) is 0 Å². The molecule has 1 heterocycles. The van der Waals surface area contributed by atoms with Crippen LogP contribution in [0.4, 0.5) is 4.39 Å². The molecule has 1 fully saturated rings. The van der Waals surface area contributed by atoms with Crippen LogP contribution in [0.25, 0.3) is 0 Å². The molecule has 2 rings (SSSR count). The van der Waals surface area contributed by atoms with Crippen molar-refractivity contribution in [1.29, 1.82) is 0 Å². The van der Waals surface area contributed by atoms with Crippen molar-refractivity contribution in [2.24, 2.45) is 0 Å². The highest BCUT2D eigenvalue weighted by Crippen LogP contribution is 2.24. The average molecular weight is 279 g/mol. The van der Waals surface area contributed by atoms with Crippen LogP contribution in [0.2, 0.25) is 0 Å². The molecule has 1 saturated heterocycles. The van der Waals surface area contributed by atoms with Crippen molar-refractivity contribution in [3.63, 3.8) is 0 Å². The SMILES string of the molecule is CC(CC(=O)N1CCCC1C(=O)O)c1ccc(F)cc1.